The Hall–Kier alpha value is -0.0400. The fourth-order valence-corrected chi connectivity index (χ4v) is 3.30. The van der Waals surface area contributed by atoms with Crippen LogP contribution >= 0.6 is 0 Å². The van der Waals surface area contributed by atoms with Gasteiger partial charge in [-0.15, -0.1) is 0 Å². The average molecular weight is 225 g/mol. The third kappa shape index (κ3) is 5.34. The Bertz CT molecular complexity index is 156. The van der Waals surface area contributed by atoms with E-state index in [0.717, 1.165) is 18.4 Å². The van der Waals surface area contributed by atoms with E-state index in [4.69, 9.17) is 5.73 Å². The van der Waals surface area contributed by atoms with Crippen molar-refractivity contribution in [3.63, 3.8) is 0 Å². The van der Waals surface area contributed by atoms with Crippen molar-refractivity contribution in [3.05, 3.63) is 0 Å². The van der Waals surface area contributed by atoms with Gasteiger partial charge >= 0.3 is 0 Å². The second kappa shape index (κ2) is 9.04. The number of hydrogen-bond donors (Lipinski definition) is 1. The lowest BCUT2D eigenvalue weighted by Crippen LogP contribution is -2.18. The predicted molar refractivity (Wildman–Crippen MR) is 72.5 cm³/mol. The maximum atomic E-state index is 5.77. The van der Waals surface area contributed by atoms with Crippen molar-refractivity contribution in [3.8, 4) is 0 Å². The van der Waals surface area contributed by atoms with E-state index in [0.29, 0.717) is 0 Å². The standard InChI is InChI=1S/C15H31N/c1-2-14-10-8-6-4-3-5-7-9-11-15(14)12-13-16/h14-15H,2-13,16H2,1H3. The highest BCUT2D eigenvalue weighted by atomic mass is 14.5. The van der Waals surface area contributed by atoms with Gasteiger partial charge in [-0.2, -0.15) is 0 Å². The zero-order valence-electron chi connectivity index (χ0n) is 11.2. The molecule has 1 fully saturated rings. The first-order chi connectivity index (χ1) is 7.88. The fraction of sp³-hybridized carbons (Fsp3) is 1.00. The van der Waals surface area contributed by atoms with E-state index < -0.39 is 0 Å². The number of nitrogens with two attached hydrogens (primary N) is 1. The first-order valence-electron chi connectivity index (χ1n) is 7.58. The fourth-order valence-electron chi connectivity index (χ4n) is 3.30. The summed E-state index contributed by atoms with van der Waals surface area (Å²) in [6.45, 7) is 3.26. The Morgan fingerprint density at radius 3 is 1.81 bits per heavy atom. The Morgan fingerprint density at radius 2 is 1.31 bits per heavy atom. The monoisotopic (exact) mass is 225 g/mol. The highest BCUT2D eigenvalue weighted by Gasteiger charge is 2.19. The lowest BCUT2D eigenvalue weighted by atomic mass is 9.81. The van der Waals surface area contributed by atoms with Crippen LogP contribution in [-0.2, 0) is 0 Å². The average Bonchev–Trinajstić information content (AvgIpc) is 2.35. The quantitative estimate of drug-likeness (QED) is 0.752. The van der Waals surface area contributed by atoms with Crippen LogP contribution in [-0.4, -0.2) is 6.54 Å². The summed E-state index contributed by atoms with van der Waals surface area (Å²) in [6.07, 6.45) is 15.8. The highest BCUT2D eigenvalue weighted by molar-refractivity contribution is 4.71. The van der Waals surface area contributed by atoms with Crippen molar-refractivity contribution in [1.82, 2.24) is 0 Å². The first kappa shape index (κ1) is 14.0. The van der Waals surface area contributed by atoms with E-state index in [1.54, 1.807) is 0 Å². The van der Waals surface area contributed by atoms with Gasteiger partial charge in [0.15, 0.2) is 0 Å². The topological polar surface area (TPSA) is 26.0 Å². The van der Waals surface area contributed by atoms with Crippen LogP contribution in [0, 0.1) is 11.8 Å². The molecule has 2 atom stereocenters. The molecule has 0 aromatic heterocycles. The van der Waals surface area contributed by atoms with E-state index in [9.17, 15) is 0 Å². The second-order valence-corrected chi connectivity index (χ2v) is 5.56. The highest BCUT2D eigenvalue weighted by Crippen LogP contribution is 2.30. The molecule has 0 heterocycles. The molecule has 0 bridgehead atoms. The van der Waals surface area contributed by atoms with Crippen LogP contribution in [0.1, 0.15) is 77.6 Å². The van der Waals surface area contributed by atoms with Crippen molar-refractivity contribution in [1.29, 1.82) is 0 Å². The molecule has 1 rings (SSSR count). The Morgan fingerprint density at radius 1 is 0.812 bits per heavy atom. The van der Waals surface area contributed by atoms with Crippen LogP contribution in [0.15, 0.2) is 0 Å². The molecule has 1 heteroatoms. The van der Waals surface area contributed by atoms with Crippen molar-refractivity contribution in [2.45, 2.75) is 77.6 Å². The maximum Gasteiger partial charge on any atom is -0.00745 e. The second-order valence-electron chi connectivity index (χ2n) is 5.56. The molecule has 0 aromatic rings. The predicted octanol–water partition coefficient (Wildman–Crippen LogP) is 4.50. The van der Waals surface area contributed by atoms with Crippen LogP contribution in [0.4, 0.5) is 0 Å². The van der Waals surface area contributed by atoms with E-state index in [1.807, 2.05) is 0 Å². The van der Waals surface area contributed by atoms with Gasteiger partial charge in [0.05, 0.1) is 0 Å². The van der Waals surface area contributed by atoms with Gasteiger partial charge in [0.25, 0.3) is 0 Å². The molecule has 2 N–H and O–H groups in total. The van der Waals surface area contributed by atoms with Gasteiger partial charge in [-0.25, -0.2) is 0 Å². The third-order valence-corrected chi connectivity index (χ3v) is 4.38. The summed E-state index contributed by atoms with van der Waals surface area (Å²) >= 11 is 0. The summed E-state index contributed by atoms with van der Waals surface area (Å²) in [4.78, 5) is 0. The minimum atomic E-state index is 0.890. The molecule has 96 valence electrons. The SMILES string of the molecule is CCC1CCCCCCCCCC1CCN. The smallest absolute Gasteiger partial charge is 0.00745 e. The van der Waals surface area contributed by atoms with Crippen molar-refractivity contribution in [2.75, 3.05) is 6.54 Å². The molecular weight excluding hydrogens is 194 g/mol. The van der Waals surface area contributed by atoms with Crippen molar-refractivity contribution >= 4 is 0 Å². The molecule has 0 saturated heterocycles. The van der Waals surface area contributed by atoms with E-state index in [-0.39, 0.29) is 0 Å². The molecule has 0 radical (unpaired) electrons. The zero-order chi connectivity index (χ0) is 11.6. The maximum absolute atomic E-state index is 5.77. The normalized spacial score (nSPS) is 29.6. The summed E-state index contributed by atoms with van der Waals surface area (Å²) in [6, 6.07) is 0. The van der Waals surface area contributed by atoms with Crippen LogP contribution in [0.5, 0.6) is 0 Å². The van der Waals surface area contributed by atoms with Crippen molar-refractivity contribution in [2.24, 2.45) is 17.6 Å². The number of hydrogen-bond acceptors (Lipinski definition) is 1. The Kier molecular flexibility index (Phi) is 7.92. The van der Waals surface area contributed by atoms with Crippen molar-refractivity contribution < 1.29 is 0 Å². The molecule has 0 aliphatic heterocycles. The summed E-state index contributed by atoms with van der Waals surface area (Å²) in [5.41, 5.74) is 5.77. The molecule has 0 amide bonds. The lowest BCUT2D eigenvalue weighted by molar-refractivity contribution is 0.262. The largest absolute Gasteiger partial charge is 0.330 e. The van der Waals surface area contributed by atoms with Crippen LogP contribution in [0.3, 0.4) is 0 Å². The molecule has 2 unspecified atom stereocenters. The van der Waals surface area contributed by atoms with E-state index >= 15 is 0 Å². The summed E-state index contributed by atoms with van der Waals surface area (Å²) < 4.78 is 0. The van der Waals surface area contributed by atoms with Crippen LogP contribution < -0.4 is 5.73 Å². The molecule has 1 aliphatic carbocycles. The Balaban J connectivity index is 2.44. The lowest BCUT2D eigenvalue weighted by Gasteiger charge is -2.26. The molecule has 1 aliphatic rings. The number of rotatable bonds is 3. The van der Waals surface area contributed by atoms with E-state index in [2.05, 4.69) is 6.92 Å². The summed E-state index contributed by atoms with van der Waals surface area (Å²) in [7, 11) is 0. The minimum absolute atomic E-state index is 0.890. The van der Waals surface area contributed by atoms with Gasteiger partial charge in [-0.3, -0.25) is 0 Å². The third-order valence-electron chi connectivity index (χ3n) is 4.38. The molecule has 0 aromatic carbocycles. The van der Waals surface area contributed by atoms with E-state index in [1.165, 1.54) is 70.6 Å². The van der Waals surface area contributed by atoms with Gasteiger partial charge in [-0.05, 0) is 24.8 Å². The van der Waals surface area contributed by atoms with Gasteiger partial charge in [0.2, 0.25) is 0 Å². The van der Waals surface area contributed by atoms with Gasteiger partial charge in [-0.1, -0.05) is 71.1 Å². The minimum Gasteiger partial charge on any atom is -0.330 e. The molecule has 16 heavy (non-hydrogen) atoms. The van der Waals surface area contributed by atoms with Gasteiger partial charge in [0.1, 0.15) is 0 Å². The molecule has 1 saturated carbocycles. The zero-order valence-corrected chi connectivity index (χ0v) is 11.2. The summed E-state index contributed by atoms with van der Waals surface area (Å²) in [5.74, 6) is 1.88. The van der Waals surface area contributed by atoms with Crippen LogP contribution in [0.2, 0.25) is 0 Å². The first-order valence-corrected chi connectivity index (χ1v) is 7.58. The molecule has 0 spiro atoms. The van der Waals surface area contributed by atoms with Gasteiger partial charge in [0, 0.05) is 0 Å². The van der Waals surface area contributed by atoms with Gasteiger partial charge < -0.3 is 5.73 Å². The Labute approximate surface area is 102 Å². The van der Waals surface area contributed by atoms with Crippen LogP contribution in [0.25, 0.3) is 0 Å². The molecule has 1 nitrogen and oxygen atoms in total. The summed E-state index contributed by atoms with van der Waals surface area (Å²) in [5, 5.41) is 0. The molecular formula is C15H31N.